The summed E-state index contributed by atoms with van der Waals surface area (Å²) in [5.74, 6) is 0.108. The van der Waals surface area contributed by atoms with Crippen LogP contribution in [0.2, 0.25) is 0 Å². The number of hydrogen-bond acceptors (Lipinski definition) is 6. The van der Waals surface area contributed by atoms with Gasteiger partial charge in [0.05, 0.1) is 28.6 Å². The first kappa shape index (κ1) is 26.0. The van der Waals surface area contributed by atoms with Crippen molar-refractivity contribution in [1.82, 2.24) is 23.9 Å². The minimum atomic E-state index is 0.108. The molecular weight excluding hydrogens is 500 g/mol. The molecule has 4 heterocycles. The van der Waals surface area contributed by atoms with Crippen LogP contribution in [0, 0.1) is 18.3 Å². The van der Waals surface area contributed by atoms with E-state index in [0.717, 1.165) is 79.5 Å². The summed E-state index contributed by atoms with van der Waals surface area (Å²) in [4.78, 5) is 27.1. The van der Waals surface area contributed by atoms with Crippen LogP contribution >= 0.6 is 0 Å². The largest absolute Gasteiger partial charge is 0.368 e. The predicted octanol–water partition coefficient (Wildman–Crippen LogP) is 3.38. The maximum atomic E-state index is 13.6. The molecule has 0 radical (unpaired) electrons. The number of para-hydroxylation sites is 1. The van der Waals surface area contributed by atoms with E-state index in [4.69, 9.17) is 0 Å². The fourth-order valence-corrected chi connectivity index (χ4v) is 6.00. The van der Waals surface area contributed by atoms with Crippen LogP contribution in [0.5, 0.6) is 0 Å². The molecule has 2 aliphatic heterocycles. The molecule has 0 bridgehead atoms. The Labute approximate surface area is 235 Å². The highest BCUT2D eigenvalue weighted by molar-refractivity contribution is 5.93. The van der Waals surface area contributed by atoms with E-state index in [1.165, 1.54) is 11.3 Å². The Morgan fingerprint density at radius 2 is 1.65 bits per heavy atom. The first-order valence-electron chi connectivity index (χ1n) is 14.0. The number of piperazine rings is 2. The summed E-state index contributed by atoms with van der Waals surface area (Å²) < 4.78 is 4.10. The number of nitriles is 1. The van der Waals surface area contributed by atoms with E-state index in [0.29, 0.717) is 13.1 Å². The van der Waals surface area contributed by atoms with Gasteiger partial charge in [0.2, 0.25) is 0 Å². The number of amides is 1. The average molecular weight is 537 g/mol. The smallest absolute Gasteiger partial charge is 0.270 e. The number of imidazole rings is 1. The third kappa shape index (κ3) is 4.80. The summed E-state index contributed by atoms with van der Waals surface area (Å²) in [5, 5.41) is 9.47. The summed E-state index contributed by atoms with van der Waals surface area (Å²) in [6, 6.07) is 18.6. The Bertz CT molecular complexity index is 1580. The monoisotopic (exact) mass is 536 g/mol. The van der Waals surface area contributed by atoms with E-state index in [9.17, 15) is 10.1 Å². The highest BCUT2D eigenvalue weighted by atomic mass is 16.2. The van der Waals surface area contributed by atoms with Crippen molar-refractivity contribution in [2.24, 2.45) is 14.1 Å². The first-order chi connectivity index (χ1) is 19.4. The third-order valence-corrected chi connectivity index (χ3v) is 8.63. The molecule has 0 atom stereocenters. The SMILES string of the molecule is Cc1c(CN2CCN(c3ccccc3C#N)CC2)cc(C(=O)N2CCN(c3ccc4ncn(C)c4c3)CC2)n1C. The molecule has 0 aliphatic carbocycles. The van der Waals surface area contributed by atoms with Gasteiger partial charge in [0.25, 0.3) is 5.91 Å². The number of nitrogens with zero attached hydrogens (tertiary/aromatic N) is 8. The second kappa shape index (κ2) is 10.7. The van der Waals surface area contributed by atoms with Crippen molar-refractivity contribution in [2.45, 2.75) is 13.5 Å². The van der Waals surface area contributed by atoms with Crippen LogP contribution in [0.25, 0.3) is 11.0 Å². The molecule has 0 unspecified atom stereocenters. The van der Waals surface area contributed by atoms with Crippen molar-refractivity contribution < 1.29 is 4.79 Å². The molecule has 0 spiro atoms. The van der Waals surface area contributed by atoms with E-state index in [2.05, 4.69) is 61.5 Å². The lowest BCUT2D eigenvalue weighted by atomic mass is 10.1. The van der Waals surface area contributed by atoms with Gasteiger partial charge in [-0.15, -0.1) is 0 Å². The van der Waals surface area contributed by atoms with E-state index in [1.807, 2.05) is 54.2 Å². The van der Waals surface area contributed by atoms with Gasteiger partial charge in [-0.3, -0.25) is 9.69 Å². The van der Waals surface area contributed by atoms with E-state index in [1.54, 1.807) is 0 Å². The Hall–Kier alpha value is -4.29. The molecule has 9 nitrogen and oxygen atoms in total. The highest BCUT2D eigenvalue weighted by Crippen LogP contribution is 2.25. The standard InChI is InChI=1S/C31H36N8O/c1-23-25(21-36-10-12-38(13-11-36)28-7-5-4-6-24(28)20-32)18-30(35(23)3)31(40)39-16-14-37(15-17-39)26-8-9-27-29(19-26)34(2)22-33-27/h4-9,18-19,22H,10-17,21H2,1-3H3. The zero-order valence-corrected chi connectivity index (χ0v) is 23.5. The summed E-state index contributed by atoms with van der Waals surface area (Å²) >= 11 is 0. The Morgan fingerprint density at radius 3 is 2.40 bits per heavy atom. The van der Waals surface area contributed by atoms with Gasteiger partial charge in [-0.1, -0.05) is 12.1 Å². The number of carbonyl (C=O) groups excluding carboxylic acids is 1. The molecule has 2 saturated heterocycles. The van der Waals surface area contributed by atoms with Crippen LogP contribution in [-0.2, 0) is 20.6 Å². The van der Waals surface area contributed by atoms with Gasteiger partial charge in [0.15, 0.2) is 0 Å². The number of hydrogen-bond donors (Lipinski definition) is 0. The van der Waals surface area contributed by atoms with Crippen LogP contribution in [0.1, 0.15) is 27.3 Å². The molecular formula is C31H36N8O. The molecule has 206 valence electrons. The van der Waals surface area contributed by atoms with Crippen LogP contribution in [0.4, 0.5) is 11.4 Å². The number of carbonyl (C=O) groups is 1. The maximum absolute atomic E-state index is 13.6. The second-order valence-corrected chi connectivity index (χ2v) is 10.9. The van der Waals surface area contributed by atoms with Crippen molar-refractivity contribution in [3.63, 3.8) is 0 Å². The second-order valence-electron chi connectivity index (χ2n) is 10.9. The first-order valence-corrected chi connectivity index (χ1v) is 14.0. The molecule has 2 aromatic heterocycles. The minimum absolute atomic E-state index is 0.108. The lowest BCUT2D eigenvalue weighted by molar-refractivity contribution is 0.0737. The van der Waals surface area contributed by atoms with Gasteiger partial charge in [-0.2, -0.15) is 5.26 Å². The normalized spacial score (nSPS) is 16.5. The van der Waals surface area contributed by atoms with Crippen LogP contribution in [0.15, 0.2) is 54.9 Å². The molecule has 9 heteroatoms. The van der Waals surface area contributed by atoms with Gasteiger partial charge in [0.1, 0.15) is 11.8 Å². The molecule has 40 heavy (non-hydrogen) atoms. The fraction of sp³-hybridized carbons (Fsp3) is 0.387. The highest BCUT2D eigenvalue weighted by Gasteiger charge is 2.27. The zero-order chi connectivity index (χ0) is 27.8. The Morgan fingerprint density at radius 1 is 0.925 bits per heavy atom. The number of aromatic nitrogens is 3. The number of benzene rings is 2. The van der Waals surface area contributed by atoms with Gasteiger partial charge < -0.3 is 23.8 Å². The molecule has 1 amide bonds. The lowest BCUT2D eigenvalue weighted by Gasteiger charge is -2.36. The zero-order valence-electron chi connectivity index (χ0n) is 23.5. The quantitative estimate of drug-likeness (QED) is 0.389. The Balaban J connectivity index is 1.07. The van der Waals surface area contributed by atoms with Gasteiger partial charge in [-0.25, -0.2) is 4.98 Å². The van der Waals surface area contributed by atoms with Crippen molar-refractivity contribution in [1.29, 1.82) is 5.26 Å². The number of fused-ring (bicyclic) bond motifs is 1. The van der Waals surface area contributed by atoms with Gasteiger partial charge >= 0.3 is 0 Å². The molecule has 0 N–H and O–H groups in total. The topological polar surface area (TPSA) is 76.6 Å². The lowest BCUT2D eigenvalue weighted by Crippen LogP contribution is -2.49. The summed E-state index contributed by atoms with van der Waals surface area (Å²) in [6.07, 6.45) is 1.84. The number of rotatable bonds is 5. The molecule has 0 saturated carbocycles. The summed E-state index contributed by atoms with van der Waals surface area (Å²) in [7, 11) is 4.02. The fourth-order valence-electron chi connectivity index (χ4n) is 6.00. The molecule has 6 rings (SSSR count). The number of aryl methyl sites for hydroxylation is 1. The van der Waals surface area contributed by atoms with E-state index in [-0.39, 0.29) is 5.91 Å². The minimum Gasteiger partial charge on any atom is -0.368 e. The molecule has 2 fully saturated rings. The van der Waals surface area contributed by atoms with Gasteiger partial charge in [-0.05, 0) is 48.9 Å². The summed E-state index contributed by atoms with van der Waals surface area (Å²) in [5.41, 5.74) is 8.16. The van der Waals surface area contributed by atoms with E-state index >= 15 is 0 Å². The van der Waals surface area contributed by atoms with Crippen LogP contribution in [0.3, 0.4) is 0 Å². The third-order valence-electron chi connectivity index (χ3n) is 8.63. The van der Waals surface area contributed by atoms with Crippen LogP contribution in [-0.4, -0.2) is 82.2 Å². The average Bonchev–Trinajstić information content (AvgIpc) is 3.51. The van der Waals surface area contributed by atoms with Crippen LogP contribution < -0.4 is 9.80 Å². The van der Waals surface area contributed by atoms with Crippen molar-refractivity contribution in [3.05, 3.63) is 77.4 Å². The van der Waals surface area contributed by atoms with Crippen molar-refractivity contribution >= 4 is 28.3 Å². The van der Waals surface area contributed by atoms with Gasteiger partial charge in [0, 0.05) is 84.4 Å². The predicted molar refractivity (Wildman–Crippen MR) is 158 cm³/mol. The van der Waals surface area contributed by atoms with Crippen molar-refractivity contribution in [3.8, 4) is 6.07 Å². The number of anilines is 2. The molecule has 4 aromatic rings. The molecule has 2 aliphatic rings. The summed E-state index contributed by atoms with van der Waals surface area (Å²) in [6.45, 7) is 9.57. The van der Waals surface area contributed by atoms with Crippen molar-refractivity contribution in [2.75, 3.05) is 62.2 Å². The maximum Gasteiger partial charge on any atom is 0.270 e. The Kier molecular flexibility index (Phi) is 6.95. The molecule has 2 aromatic carbocycles. The van der Waals surface area contributed by atoms with E-state index < -0.39 is 0 Å².